The first-order valence-electron chi connectivity index (χ1n) is 23.8. The third-order valence-electron chi connectivity index (χ3n) is 15.6. The van der Waals surface area contributed by atoms with E-state index in [1.807, 2.05) is 47.6 Å². The molecule has 0 bridgehead atoms. The number of halogens is 2. The van der Waals surface area contributed by atoms with Crippen LogP contribution in [0.2, 0.25) is 10.0 Å². The van der Waals surface area contributed by atoms with Gasteiger partial charge in [-0.25, -0.2) is 4.79 Å². The Kier molecular flexibility index (Phi) is 16.8. The minimum Gasteiger partial charge on any atom is -0.458 e. The molecule has 4 heterocycles. The van der Waals surface area contributed by atoms with Crippen LogP contribution in [0.4, 0.5) is 4.79 Å². The molecule has 65 heavy (non-hydrogen) atoms. The number of rotatable bonds is 12. The van der Waals surface area contributed by atoms with Gasteiger partial charge < -0.3 is 47.9 Å². The third kappa shape index (κ3) is 11.0. The Morgan fingerprint density at radius 2 is 1.54 bits per heavy atom. The van der Waals surface area contributed by atoms with Crippen LogP contribution < -0.4 is 0 Å². The van der Waals surface area contributed by atoms with Crippen LogP contribution in [0.25, 0.3) is 0 Å². The summed E-state index contributed by atoms with van der Waals surface area (Å²) in [6, 6.07) is 5.27. The number of Topliss-reactive ketones (excluding diaryl/α,β-unsaturated/α-hetero) is 1. The van der Waals surface area contributed by atoms with Crippen LogP contribution >= 0.6 is 23.2 Å². The second kappa shape index (κ2) is 20.9. The first-order chi connectivity index (χ1) is 30.5. The normalized spacial score (nSPS) is 42.4. The fraction of sp³-hybridized carbons (Fsp3) is 0.816. The molecule has 5 aliphatic rings. The lowest BCUT2D eigenvalue weighted by Gasteiger charge is -2.49. The maximum atomic E-state index is 15.1. The van der Waals surface area contributed by atoms with E-state index in [9.17, 15) is 14.7 Å². The van der Waals surface area contributed by atoms with Crippen molar-refractivity contribution in [1.82, 2.24) is 9.80 Å². The van der Waals surface area contributed by atoms with Crippen LogP contribution in [0, 0.1) is 23.7 Å². The number of amides is 1. The molecule has 6 rings (SSSR count). The zero-order valence-electron chi connectivity index (χ0n) is 40.8. The fourth-order valence-corrected chi connectivity index (χ4v) is 11.8. The number of aliphatic hydroxyl groups is 1. The monoisotopic (exact) mass is 954 g/mol. The Balaban J connectivity index is 1.42. The van der Waals surface area contributed by atoms with E-state index in [1.54, 1.807) is 52.0 Å². The Labute approximate surface area is 396 Å². The summed E-state index contributed by atoms with van der Waals surface area (Å²) in [6.45, 7) is 18.8. The lowest BCUT2D eigenvalue weighted by atomic mass is 9.73. The van der Waals surface area contributed by atoms with Crippen LogP contribution in [0.3, 0.4) is 0 Å². The number of esters is 1. The van der Waals surface area contributed by atoms with Gasteiger partial charge in [-0.3, -0.25) is 14.5 Å². The minimum absolute atomic E-state index is 0.0867. The highest BCUT2D eigenvalue weighted by Crippen LogP contribution is 2.45. The highest BCUT2D eigenvalue weighted by Gasteiger charge is 2.61. The van der Waals surface area contributed by atoms with Crippen molar-refractivity contribution in [3.63, 3.8) is 0 Å². The Morgan fingerprint density at radius 3 is 2.15 bits per heavy atom. The molecule has 368 valence electrons. The van der Waals surface area contributed by atoms with E-state index in [-0.39, 0.29) is 43.7 Å². The molecule has 0 aromatic heterocycles. The Hall–Kier alpha value is -2.11. The summed E-state index contributed by atoms with van der Waals surface area (Å²) in [5.74, 6) is -3.59. The molecular formula is C49H76Cl2N2O12. The zero-order chi connectivity index (χ0) is 47.9. The highest BCUT2D eigenvalue weighted by atomic mass is 35.5. The van der Waals surface area contributed by atoms with Crippen molar-refractivity contribution in [1.29, 1.82) is 0 Å². The summed E-state index contributed by atoms with van der Waals surface area (Å²) in [5, 5.41) is 11.9. The van der Waals surface area contributed by atoms with Crippen molar-refractivity contribution in [2.75, 3.05) is 27.8 Å². The number of hydrogen-bond acceptors (Lipinski definition) is 13. The fourth-order valence-electron chi connectivity index (χ4n) is 11.4. The number of carbonyl (C=O) groups excluding carboxylic acids is 3. The number of fused-ring (bicyclic) bond motifs is 1. The molecular weight excluding hydrogens is 879 g/mol. The number of ketones is 1. The molecule has 1 N–H and O–H groups in total. The zero-order valence-corrected chi connectivity index (χ0v) is 42.4. The van der Waals surface area contributed by atoms with E-state index in [2.05, 4.69) is 18.9 Å². The number of ether oxygens (including phenoxy) is 8. The summed E-state index contributed by atoms with van der Waals surface area (Å²) in [4.78, 5) is 48.1. The summed E-state index contributed by atoms with van der Waals surface area (Å²) in [6.07, 6.45) is -1.59. The minimum atomic E-state index is -1.42. The predicted molar refractivity (Wildman–Crippen MR) is 246 cm³/mol. The third-order valence-corrected chi connectivity index (χ3v) is 16.4. The van der Waals surface area contributed by atoms with Gasteiger partial charge in [-0.2, -0.15) is 0 Å². The quantitative estimate of drug-likeness (QED) is 0.202. The molecule has 0 unspecified atom stereocenters. The molecule has 1 amide bonds. The van der Waals surface area contributed by atoms with Gasteiger partial charge in [-0.1, -0.05) is 57.0 Å². The van der Waals surface area contributed by atoms with Gasteiger partial charge in [0.05, 0.1) is 57.6 Å². The second-order valence-electron chi connectivity index (χ2n) is 20.5. The van der Waals surface area contributed by atoms with Crippen LogP contribution in [0.15, 0.2) is 18.2 Å². The number of carbonyl (C=O) groups is 3. The maximum Gasteiger partial charge on any atom is 0.410 e. The Bertz CT molecular complexity index is 1840. The molecule has 16 heteroatoms. The topological polar surface area (TPSA) is 152 Å². The van der Waals surface area contributed by atoms with Gasteiger partial charge in [0, 0.05) is 63.4 Å². The number of nitrogens with zero attached hydrogens (tertiary/aromatic N) is 2. The van der Waals surface area contributed by atoms with E-state index in [0.29, 0.717) is 28.9 Å². The smallest absolute Gasteiger partial charge is 0.410 e. The SMILES string of the molecule is CC[C@H]1OC(=O)[C@H](C)[C@@H](O[C@H]2C[C@@](C)(OC)[C@@H](O)[C@H](C)O2)[C@H](C)[C@@H](O[C@H]2C[C@@H](N(C)C3CC3)C[C@@H](C)O2)[C@@](C)(OC)C[C@@H](C)C(=O)[C@H](C)[C@H]2N(CCc3ccc(Cl)c(Cl)c3)C(=O)O[C@]12C. The van der Waals surface area contributed by atoms with E-state index >= 15 is 4.79 Å². The van der Waals surface area contributed by atoms with Gasteiger partial charge >= 0.3 is 12.1 Å². The molecule has 1 aliphatic carbocycles. The van der Waals surface area contributed by atoms with Crippen LogP contribution in [-0.4, -0.2) is 145 Å². The first kappa shape index (κ1) is 52.3. The molecule has 0 radical (unpaired) electrons. The van der Waals surface area contributed by atoms with Crippen LogP contribution in [0.5, 0.6) is 0 Å². The van der Waals surface area contributed by atoms with Gasteiger partial charge in [0.15, 0.2) is 18.2 Å². The summed E-state index contributed by atoms with van der Waals surface area (Å²) < 4.78 is 52.2. The highest BCUT2D eigenvalue weighted by molar-refractivity contribution is 6.42. The van der Waals surface area contributed by atoms with E-state index in [0.717, 1.165) is 12.0 Å². The van der Waals surface area contributed by atoms with Crippen LogP contribution in [-0.2, 0) is 53.9 Å². The van der Waals surface area contributed by atoms with Gasteiger partial charge in [-0.15, -0.1) is 0 Å². The van der Waals surface area contributed by atoms with Gasteiger partial charge in [0.1, 0.15) is 18.0 Å². The summed E-state index contributed by atoms with van der Waals surface area (Å²) in [7, 11) is 5.33. The van der Waals surface area contributed by atoms with Crippen molar-refractivity contribution in [2.45, 2.75) is 205 Å². The average molecular weight is 956 g/mol. The maximum absolute atomic E-state index is 15.1. The molecule has 1 saturated carbocycles. The second-order valence-corrected chi connectivity index (χ2v) is 21.3. The van der Waals surface area contributed by atoms with Crippen molar-refractivity contribution in [2.24, 2.45) is 23.7 Å². The van der Waals surface area contributed by atoms with Crippen molar-refractivity contribution < 1.29 is 57.4 Å². The lowest BCUT2D eigenvalue weighted by Crippen LogP contribution is -2.60. The molecule has 17 atom stereocenters. The van der Waals surface area contributed by atoms with Gasteiger partial charge in [-0.05, 0) is 105 Å². The summed E-state index contributed by atoms with van der Waals surface area (Å²) >= 11 is 12.6. The van der Waals surface area contributed by atoms with Crippen molar-refractivity contribution >= 4 is 41.0 Å². The van der Waals surface area contributed by atoms with Gasteiger partial charge in [0.25, 0.3) is 0 Å². The largest absolute Gasteiger partial charge is 0.458 e. The molecule has 4 saturated heterocycles. The number of cyclic esters (lactones) is 1. The van der Waals surface area contributed by atoms with Crippen molar-refractivity contribution in [3.05, 3.63) is 33.8 Å². The van der Waals surface area contributed by atoms with E-state index < -0.39 is 102 Å². The molecule has 1 aromatic carbocycles. The lowest BCUT2D eigenvalue weighted by molar-refractivity contribution is -0.309. The summed E-state index contributed by atoms with van der Waals surface area (Å²) in [5.41, 5.74) is -2.73. The molecule has 0 spiro atoms. The standard InChI is InChI=1S/C49H76Cl2N2O12/c1-14-37-49(10)42(53(46(57)65-49)20-19-32-15-18-35(50)36(51)22-32)28(4)40(54)26(2)24-48(9,59-13)44(64-38-23-34(21-27(3)60-38)52(11)33-16-17-33)29(5)41(30(6)45(56)62-37)63-39-25-47(8,58-12)43(55)31(7)61-39/h15,18,22,26-31,33-34,37-39,41-44,55H,14,16-17,19-21,23-25H2,1-13H3/t26-,27-,28+,29+,30-,31+,34+,37-,38+,39+,41+,42-,43+,44-,47-,48+,49-/m1/s1. The van der Waals surface area contributed by atoms with Gasteiger partial charge in [0.2, 0.25) is 0 Å². The van der Waals surface area contributed by atoms with E-state index in [4.69, 9.17) is 61.1 Å². The molecule has 1 aromatic rings. The number of hydrogen-bond donors (Lipinski definition) is 1. The molecule has 5 fully saturated rings. The average Bonchev–Trinajstić information content (AvgIpc) is 4.08. The number of aliphatic hydroxyl groups excluding tert-OH is 1. The Morgan fingerprint density at radius 1 is 0.862 bits per heavy atom. The van der Waals surface area contributed by atoms with E-state index in [1.165, 1.54) is 12.8 Å². The van der Waals surface area contributed by atoms with Crippen molar-refractivity contribution in [3.8, 4) is 0 Å². The molecule has 14 nitrogen and oxygen atoms in total. The predicted octanol–water partition coefficient (Wildman–Crippen LogP) is 8.02. The van der Waals surface area contributed by atoms with Crippen LogP contribution in [0.1, 0.15) is 120 Å². The number of methoxy groups -OCH3 is 2. The first-order valence-corrected chi connectivity index (χ1v) is 24.6. The number of benzene rings is 1. The molecule has 4 aliphatic heterocycles.